The van der Waals surface area contributed by atoms with Crippen LogP contribution in [0.2, 0.25) is 0 Å². The van der Waals surface area contributed by atoms with E-state index in [1.165, 1.54) is 6.42 Å². The summed E-state index contributed by atoms with van der Waals surface area (Å²) >= 11 is 0. The predicted molar refractivity (Wildman–Crippen MR) is 59.3 cm³/mol. The molecule has 1 aromatic rings. The molecule has 1 fully saturated rings. The van der Waals surface area contributed by atoms with E-state index in [2.05, 4.69) is 4.98 Å². The van der Waals surface area contributed by atoms with Gasteiger partial charge in [0.1, 0.15) is 5.76 Å². The summed E-state index contributed by atoms with van der Waals surface area (Å²) in [5.41, 5.74) is 0. The van der Waals surface area contributed by atoms with Crippen LogP contribution >= 0.6 is 0 Å². The molecule has 1 N–H and O–H groups in total. The number of aromatic nitrogens is 1. The summed E-state index contributed by atoms with van der Waals surface area (Å²) in [5, 5.41) is 9.01. The molecule has 0 aromatic carbocycles. The fourth-order valence-electron chi connectivity index (χ4n) is 1.95. The largest absolute Gasteiger partial charge is 0.445 e. The van der Waals surface area contributed by atoms with E-state index in [1.807, 2.05) is 6.92 Å². The van der Waals surface area contributed by atoms with Gasteiger partial charge in [-0.2, -0.15) is 0 Å². The van der Waals surface area contributed by atoms with E-state index >= 15 is 0 Å². The number of ether oxygens (including phenoxy) is 1. The third kappa shape index (κ3) is 2.83. The molecule has 0 spiro atoms. The highest BCUT2D eigenvalue weighted by atomic mass is 16.5. The molecule has 90 valence electrons. The molecule has 1 aliphatic rings. The fourth-order valence-corrected chi connectivity index (χ4v) is 1.95. The van der Waals surface area contributed by atoms with E-state index in [4.69, 9.17) is 14.3 Å². The summed E-state index contributed by atoms with van der Waals surface area (Å²) < 4.78 is 11.0. The summed E-state index contributed by atoms with van der Waals surface area (Å²) in [5.74, 6) is 2.11. The van der Waals surface area contributed by atoms with Crippen LogP contribution in [0.3, 0.4) is 0 Å². The minimum absolute atomic E-state index is 0.0313. The minimum atomic E-state index is 0.0313. The highest BCUT2D eigenvalue weighted by Gasteiger charge is 2.18. The van der Waals surface area contributed by atoms with Crippen molar-refractivity contribution in [2.45, 2.75) is 32.1 Å². The molecule has 1 aliphatic heterocycles. The van der Waals surface area contributed by atoms with E-state index in [0.717, 1.165) is 37.7 Å². The zero-order valence-electron chi connectivity index (χ0n) is 9.69. The molecular weight excluding hydrogens is 206 g/mol. The first-order chi connectivity index (χ1) is 7.79. The van der Waals surface area contributed by atoms with Gasteiger partial charge in [0.25, 0.3) is 0 Å². The van der Waals surface area contributed by atoms with Gasteiger partial charge in [-0.05, 0) is 18.8 Å². The second-order valence-electron chi connectivity index (χ2n) is 4.53. The monoisotopic (exact) mass is 225 g/mol. The number of rotatable bonds is 4. The molecule has 4 heteroatoms. The molecular formula is C12H19NO3. The Balaban J connectivity index is 1.91. The van der Waals surface area contributed by atoms with Gasteiger partial charge in [0.15, 0.2) is 5.89 Å². The Bertz CT molecular complexity index is 318. The van der Waals surface area contributed by atoms with Crippen molar-refractivity contribution in [3.05, 3.63) is 17.8 Å². The van der Waals surface area contributed by atoms with E-state index in [-0.39, 0.29) is 12.5 Å². The average Bonchev–Trinajstić information content (AvgIpc) is 2.78. The number of hydrogen-bond acceptors (Lipinski definition) is 4. The summed E-state index contributed by atoms with van der Waals surface area (Å²) in [6, 6.07) is 0. The number of oxazole rings is 1. The van der Waals surface area contributed by atoms with E-state index < -0.39 is 0 Å². The van der Waals surface area contributed by atoms with Crippen molar-refractivity contribution in [1.82, 2.24) is 4.98 Å². The normalized spacial score (nSPS) is 23.2. The van der Waals surface area contributed by atoms with Gasteiger partial charge in [-0.25, -0.2) is 4.98 Å². The molecule has 2 rings (SSSR count). The molecule has 2 unspecified atom stereocenters. The highest BCUT2D eigenvalue weighted by molar-refractivity contribution is 5.01. The molecule has 2 heterocycles. The van der Waals surface area contributed by atoms with Crippen LogP contribution in [0.5, 0.6) is 0 Å². The molecule has 0 saturated carbocycles. The number of hydrogen-bond donors (Lipinski definition) is 1. The molecule has 1 aromatic heterocycles. The lowest BCUT2D eigenvalue weighted by atomic mass is 9.99. The van der Waals surface area contributed by atoms with Crippen molar-refractivity contribution < 1.29 is 14.3 Å². The Labute approximate surface area is 95.6 Å². The van der Waals surface area contributed by atoms with E-state index in [0.29, 0.717) is 5.92 Å². The Morgan fingerprint density at radius 2 is 2.50 bits per heavy atom. The highest BCUT2D eigenvalue weighted by Crippen LogP contribution is 2.21. The SMILES string of the molecule is CC(CO)c1cnc(CC2CCCOC2)o1. The standard InChI is InChI=1S/C12H19NO3/c1-9(7-14)11-6-13-12(16-11)5-10-3-2-4-15-8-10/h6,9-10,14H,2-5,7-8H2,1H3. The smallest absolute Gasteiger partial charge is 0.194 e. The molecule has 1 saturated heterocycles. The average molecular weight is 225 g/mol. The van der Waals surface area contributed by atoms with Crippen LogP contribution in [0.4, 0.5) is 0 Å². The first kappa shape index (κ1) is 11.6. The quantitative estimate of drug-likeness (QED) is 0.848. The maximum atomic E-state index is 9.01. The van der Waals surface area contributed by atoms with Crippen molar-refractivity contribution in [2.75, 3.05) is 19.8 Å². The van der Waals surface area contributed by atoms with Crippen LogP contribution in [0.15, 0.2) is 10.6 Å². The Hall–Kier alpha value is -0.870. The zero-order chi connectivity index (χ0) is 11.4. The molecule has 4 nitrogen and oxygen atoms in total. The van der Waals surface area contributed by atoms with Crippen LogP contribution in [0.25, 0.3) is 0 Å². The topological polar surface area (TPSA) is 55.5 Å². The Kier molecular flexibility index (Phi) is 3.96. The lowest BCUT2D eigenvalue weighted by Crippen LogP contribution is -2.19. The maximum absolute atomic E-state index is 9.01. The third-order valence-electron chi connectivity index (χ3n) is 3.05. The van der Waals surface area contributed by atoms with Crippen LogP contribution in [0, 0.1) is 5.92 Å². The third-order valence-corrected chi connectivity index (χ3v) is 3.05. The summed E-state index contributed by atoms with van der Waals surface area (Å²) in [4.78, 5) is 4.25. The molecule has 16 heavy (non-hydrogen) atoms. The van der Waals surface area contributed by atoms with Crippen molar-refractivity contribution >= 4 is 0 Å². The fraction of sp³-hybridized carbons (Fsp3) is 0.750. The van der Waals surface area contributed by atoms with Crippen molar-refractivity contribution in [2.24, 2.45) is 5.92 Å². The van der Waals surface area contributed by atoms with Gasteiger partial charge < -0.3 is 14.3 Å². The number of nitrogens with zero attached hydrogens (tertiary/aromatic N) is 1. The predicted octanol–water partition coefficient (Wildman–Crippen LogP) is 1.74. The number of aliphatic hydroxyl groups excluding tert-OH is 1. The van der Waals surface area contributed by atoms with Crippen molar-refractivity contribution in [1.29, 1.82) is 0 Å². The number of aliphatic hydroxyl groups is 1. The zero-order valence-corrected chi connectivity index (χ0v) is 9.69. The van der Waals surface area contributed by atoms with E-state index in [1.54, 1.807) is 6.20 Å². The minimum Gasteiger partial charge on any atom is -0.445 e. The molecule has 2 atom stereocenters. The second-order valence-corrected chi connectivity index (χ2v) is 4.53. The van der Waals surface area contributed by atoms with Gasteiger partial charge in [0, 0.05) is 25.6 Å². The van der Waals surface area contributed by atoms with Crippen LogP contribution < -0.4 is 0 Å². The molecule has 0 amide bonds. The van der Waals surface area contributed by atoms with Crippen LogP contribution in [-0.2, 0) is 11.2 Å². The first-order valence-corrected chi connectivity index (χ1v) is 5.92. The summed E-state index contributed by atoms with van der Waals surface area (Å²) in [6.45, 7) is 3.72. The van der Waals surface area contributed by atoms with Gasteiger partial charge in [0.05, 0.1) is 12.8 Å². The van der Waals surface area contributed by atoms with Crippen LogP contribution in [0.1, 0.15) is 37.3 Å². The van der Waals surface area contributed by atoms with Gasteiger partial charge in [-0.15, -0.1) is 0 Å². The van der Waals surface area contributed by atoms with E-state index in [9.17, 15) is 0 Å². The van der Waals surface area contributed by atoms with Gasteiger partial charge in [0.2, 0.25) is 0 Å². The summed E-state index contributed by atoms with van der Waals surface area (Å²) in [7, 11) is 0. The summed E-state index contributed by atoms with van der Waals surface area (Å²) in [6.07, 6.45) is 4.89. The molecule has 0 radical (unpaired) electrons. The van der Waals surface area contributed by atoms with Crippen molar-refractivity contribution in [3.63, 3.8) is 0 Å². The van der Waals surface area contributed by atoms with Gasteiger partial charge in [-0.3, -0.25) is 0 Å². The Morgan fingerprint density at radius 1 is 1.62 bits per heavy atom. The molecule has 0 aliphatic carbocycles. The first-order valence-electron chi connectivity index (χ1n) is 5.92. The van der Waals surface area contributed by atoms with Crippen molar-refractivity contribution in [3.8, 4) is 0 Å². The molecule has 0 bridgehead atoms. The lowest BCUT2D eigenvalue weighted by molar-refractivity contribution is 0.0524. The second kappa shape index (κ2) is 5.46. The maximum Gasteiger partial charge on any atom is 0.194 e. The van der Waals surface area contributed by atoms with Gasteiger partial charge in [-0.1, -0.05) is 6.92 Å². The van der Waals surface area contributed by atoms with Gasteiger partial charge >= 0.3 is 0 Å². The Morgan fingerprint density at radius 3 is 3.19 bits per heavy atom. The lowest BCUT2D eigenvalue weighted by Gasteiger charge is -2.20. The van der Waals surface area contributed by atoms with Crippen LogP contribution in [-0.4, -0.2) is 29.9 Å².